The molecule has 2 heterocycles. The van der Waals surface area contributed by atoms with E-state index in [0.29, 0.717) is 0 Å². The molecule has 1 aromatic heterocycles. The van der Waals surface area contributed by atoms with Gasteiger partial charge in [0.15, 0.2) is 0 Å². The quantitative estimate of drug-likeness (QED) is 0.581. The number of rotatable bonds is 1. The van der Waals surface area contributed by atoms with Crippen molar-refractivity contribution in [2.24, 2.45) is 0 Å². The minimum atomic E-state index is 0.245. The molecule has 1 aliphatic rings. The lowest BCUT2D eigenvalue weighted by Gasteiger charge is -2.00. The second-order valence-corrected chi connectivity index (χ2v) is 2.43. The number of nitrogens with zero attached hydrogens (tertiary/aromatic N) is 2. The van der Waals surface area contributed by atoms with Crippen molar-refractivity contribution in [2.75, 3.05) is 6.54 Å². The summed E-state index contributed by atoms with van der Waals surface area (Å²) in [6, 6.07) is 0.245. The third kappa shape index (κ3) is 0.926. The molecule has 1 aliphatic heterocycles. The highest BCUT2D eigenvalue weighted by atomic mass is 16.3. The van der Waals surface area contributed by atoms with Gasteiger partial charge in [0, 0.05) is 6.54 Å². The second kappa shape index (κ2) is 2.42. The van der Waals surface area contributed by atoms with Crippen LogP contribution >= 0.6 is 0 Å². The van der Waals surface area contributed by atoms with E-state index < -0.39 is 0 Å². The summed E-state index contributed by atoms with van der Waals surface area (Å²) < 4.78 is 5.11. The first-order chi connectivity index (χ1) is 4.97. The zero-order chi connectivity index (χ0) is 6.81. The normalized spacial score (nSPS) is 25.4. The first kappa shape index (κ1) is 5.92. The lowest BCUT2D eigenvalue weighted by atomic mass is 10.2. The molecule has 0 bridgehead atoms. The SMILES string of the molecule is c1coc(C2CCC[N]2)n1. The van der Waals surface area contributed by atoms with Gasteiger partial charge < -0.3 is 4.42 Å². The fourth-order valence-electron chi connectivity index (χ4n) is 1.22. The molecule has 1 radical (unpaired) electrons. The van der Waals surface area contributed by atoms with E-state index in [-0.39, 0.29) is 6.04 Å². The van der Waals surface area contributed by atoms with Gasteiger partial charge in [-0.15, -0.1) is 0 Å². The monoisotopic (exact) mass is 137 g/mol. The highest BCUT2D eigenvalue weighted by molar-refractivity contribution is 4.92. The third-order valence-electron chi connectivity index (χ3n) is 1.72. The molecule has 2 rings (SSSR count). The van der Waals surface area contributed by atoms with Crippen LogP contribution in [0, 0.1) is 0 Å². The minimum absolute atomic E-state index is 0.245. The van der Waals surface area contributed by atoms with Gasteiger partial charge in [0.1, 0.15) is 12.3 Å². The number of aromatic nitrogens is 1. The molecule has 53 valence electrons. The zero-order valence-corrected chi connectivity index (χ0v) is 5.66. The summed E-state index contributed by atoms with van der Waals surface area (Å²) in [6.07, 6.45) is 5.54. The second-order valence-electron chi connectivity index (χ2n) is 2.43. The van der Waals surface area contributed by atoms with E-state index in [2.05, 4.69) is 10.3 Å². The van der Waals surface area contributed by atoms with Crippen molar-refractivity contribution < 1.29 is 4.42 Å². The van der Waals surface area contributed by atoms with E-state index in [1.54, 1.807) is 12.5 Å². The molecule has 0 saturated carbocycles. The maximum Gasteiger partial charge on any atom is 0.212 e. The molecule has 1 atom stereocenters. The number of hydrogen-bond acceptors (Lipinski definition) is 2. The lowest BCUT2D eigenvalue weighted by molar-refractivity contribution is 0.426. The van der Waals surface area contributed by atoms with Crippen LogP contribution in [0.4, 0.5) is 0 Å². The van der Waals surface area contributed by atoms with Crippen LogP contribution in [-0.4, -0.2) is 11.5 Å². The van der Waals surface area contributed by atoms with E-state index in [0.717, 1.165) is 18.9 Å². The summed E-state index contributed by atoms with van der Waals surface area (Å²) in [5.74, 6) is 0.775. The molecular weight excluding hydrogens is 128 g/mol. The molecule has 0 amide bonds. The fourth-order valence-corrected chi connectivity index (χ4v) is 1.22. The van der Waals surface area contributed by atoms with Crippen molar-refractivity contribution in [1.29, 1.82) is 0 Å². The van der Waals surface area contributed by atoms with Crippen LogP contribution in [0.5, 0.6) is 0 Å². The molecular formula is C7H9N2O. The van der Waals surface area contributed by atoms with Crippen molar-refractivity contribution in [3.05, 3.63) is 18.4 Å². The minimum Gasteiger partial charge on any atom is -0.447 e. The van der Waals surface area contributed by atoms with E-state index >= 15 is 0 Å². The smallest absolute Gasteiger partial charge is 0.212 e. The molecule has 1 saturated heterocycles. The van der Waals surface area contributed by atoms with Crippen LogP contribution in [0.2, 0.25) is 0 Å². The first-order valence-electron chi connectivity index (χ1n) is 3.53. The lowest BCUT2D eigenvalue weighted by Crippen LogP contribution is -2.04. The largest absolute Gasteiger partial charge is 0.447 e. The van der Waals surface area contributed by atoms with E-state index in [1.807, 2.05) is 0 Å². The summed E-state index contributed by atoms with van der Waals surface area (Å²) in [5, 5.41) is 4.32. The number of oxazole rings is 1. The van der Waals surface area contributed by atoms with Crippen LogP contribution < -0.4 is 5.32 Å². The van der Waals surface area contributed by atoms with Gasteiger partial charge in [0.2, 0.25) is 5.89 Å². The van der Waals surface area contributed by atoms with Crippen LogP contribution in [0.15, 0.2) is 16.9 Å². The van der Waals surface area contributed by atoms with Crippen molar-refractivity contribution in [3.8, 4) is 0 Å². The summed E-state index contributed by atoms with van der Waals surface area (Å²) in [5.41, 5.74) is 0. The van der Waals surface area contributed by atoms with Gasteiger partial charge in [-0.3, -0.25) is 0 Å². The average Bonchev–Trinajstić information content (AvgIpc) is 2.59. The van der Waals surface area contributed by atoms with Crippen molar-refractivity contribution in [2.45, 2.75) is 18.9 Å². The Kier molecular flexibility index (Phi) is 1.43. The highest BCUT2D eigenvalue weighted by Gasteiger charge is 2.20. The van der Waals surface area contributed by atoms with Gasteiger partial charge in [0.05, 0.1) is 6.20 Å². The Labute approximate surface area is 59.4 Å². The molecule has 1 unspecified atom stereocenters. The van der Waals surface area contributed by atoms with Gasteiger partial charge in [-0.1, -0.05) is 0 Å². The van der Waals surface area contributed by atoms with Crippen LogP contribution in [0.1, 0.15) is 24.8 Å². The molecule has 0 N–H and O–H groups in total. The summed E-state index contributed by atoms with van der Waals surface area (Å²) in [6.45, 7) is 0.965. The van der Waals surface area contributed by atoms with Gasteiger partial charge in [-0.2, -0.15) is 0 Å². The predicted molar refractivity (Wildman–Crippen MR) is 35.5 cm³/mol. The Morgan fingerprint density at radius 2 is 2.60 bits per heavy atom. The van der Waals surface area contributed by atoms with Gasteiger partial charge in [0.25, 0.3) is 0 Å². The summed E-state index contributed by atoms with van der Waals surface area (Å²) in [7, 11) is 0. The molecule has 3 heteroatoms. The molecule has 1 fully saturated rings. The highest BCUT2D eigenvalue weighted by Crippen LogP contribution is 2.22. The maximum atomic E-state index is 5.11. The molecule has 3 nitrogen and oxygen atoms in total. The molecule has 0 aromatic carbocycles. The molecule has 0 aliphatic carbocycles. The van der Waals surface area contributed by atoms with Crippen molar-refractivity contribution in [3.63, 3.8) is 0 Å². The van der Waals surface area contributed by atoms with E-state index in [4.69, 9.17) is 4.42 Å². The van der Waals surface area contributed by atoms with Crippen LogP contribution in [0.3, 0.4) is 0 Å². The Balaban J connectivity index is 2.12. The molecule has 0 spiro atoms. The topological polar surface area (TPSA) is 40.1 Å². The molecule has 10 heavy (non-hydrogen) atoms. The van der Waals surface area contributed by atoms with Gasteiger partial charge in [-0.25, -0.2) is 10.3 Å². The standard InChI is InChI=1S/C7H9N2O/c1-2-6(8-3-1)7-9-4-5-10-7/h4-6H,1-3H2. The van der Waals surface area contributed by atoms with Crippen molar-refractivity contribution >= 4 is 0 Å². The Bertz CT molecular complexity index is 189. The van der Waals surface area contributed by atoms with Gasteiger partial charge >= 0.3 is 0 Å². The van der Waals surface area contributed by atoms with E-state index in [9.17, 15) is 0 Å². The summed E-state index contributed by atoms with van der Waals surface area (Å²) in [4.78, 5) is 4.04. The Morgan fingerprint density at radius 3 is 3.20 bits per heavy atom. The number of hydrogen-bond donors (Lipinski definition) is 0. The Morgan fingerprint density at radius 1 is 1.60 bits per heavy atom. The summed E-state index contributed by atoms with van der Waals surface area (Å²) >= 11 is 0. The first-order valence-corrected chi connectivity index (χ1v) is 3.53. The Hall–Kier alpha value is -0.830. The molecule has 1 aromatic rings. The third-order valence-corrected chi connectivity index (χ3v) is 1.72. The average molecular weight is 137 g/mol. The van der Waals surface area contributed by atoms with Crippen LogP contribution in [-0.2, 0) is 0 Å². The van der Waals surface area contributed by atoms with Crippen LogP contribution in [0.25, 0.3) is 0 Å². The van der Waals surface area contributed by atoms with Crippen molar-refractivity contribution in [1.82, 2.24) is 10.3 Å². The maximum absolute atomic E-state index is 5.11. The fraction of sp³-hybridized carbons (Fsp3) is 0.571. The van der Waals surface area contributed by atoms with E-state index in [1.165, 1.54) is 6.42 Å². The zero-order valence-electron chi connectivity index (χ0n) is 5.66. The predicted octanol–water partition coefficient (Wildman–Crippen LogP) is 1.11. The van der Waals surface area contributed by atoms with Gasteiger partial charge in [-0.05, 0) is 12.8 Å².